The van der Waals surface area contributed by atoms with Crippen molar-refractivity contribution >= 4 is 55.2 Å². The van der Waals surface area contributed by atoms with Crippen molar-refractivity contribution in [1.29, 1.82) is 0 Å². The molecular weight excluding hydrogens is 640 g/mol. The Labute approximate surface area is 240 Å². The average Bonchev–Trinajstić information content (AvgIpc) is 3.19. The first-order valence-corrected chi connectivity index (χ1v) is 14.3. The zero-order chi connectivity index (χ0) is 27.6. The summed E-state index contributed by atoms with van der Waals surface area (Å²) in [4.78, 5) is 32.5. The first-order valence-electron chi connectivity index (χ1n) is 11.9. The molecule has 1 aliphatic heterocycles. The molecule has 2 heterocycles. The van der Waals surface area contributed by atoms with E-state index in [9.17, 15) is 14.7 Å². The number of rotatable bonds is 8. The molecule has 0 saturated carbocycles. The number of allylic oxidation sites excluding steroid dienone is 1. The third-order valence-electron chi connectivity index (χ3n) is 5.95. The van der Waals surface area contributed by atoms with Crippen LogP contribution in [-0.2, 0) is 9.53 Å². The second kappa shape index (κ2) is 11.9. The van der Waals surface area contributed by atoms with Crippen molar-refractivity contribution in [3.63, 3.8) is 0 Å². The molecule has 0 aliphatic carbocycles. The monoisotopic (exact) mass is 664 g/mol. The average molecular weight is 666 g/mol. The number of carbonyl (C=O) groups excluding carboxylic acids is 1. The number of methoxy groups -OCH3 is 2. The largest absolute Gasteiger partial charge is 0.503 e. The number of phenolic OH excluding ortho intramolecular Hbond substituents is 1. The Kier molecular flexibility index (Phi) is 8.79. The molecule has 0 unspecified atom stereocenters. The molecule has 0 saturated heterocycles. The molecule has 0 bridgehead atoms. The van der Waals surface area contributed by atoms with Crippen molar-refractivity contribution in [3.8, 4) is 17.2 Å². The molecule has 38 heavy (non-hydrogen) atoms. The fourth-order valence-corrected chi connectivity index (χ4v) is 6.18. The number of carbonyl (C=O) groups is 1. The lowest BCUT2D eigenvalue weighted by Crippen LogP contribution is -2.40. The summed E-state index contributed by atoms with van der Waals surface area (Å²) < 4.78 is 19.5. The van der Waals surface area contributed by atoms with Crippen LogP contribution < -0.4 is 24.4 Å². The Morgan fingerprint density at radius 1 is 1.16 bits per heavy atom. The van der Waals surface area contributed by atoms with Gasteiger partial charge in [0.05, 0.1) is 41.1 Å². The molecule has 11 heteroatoms. The third-order valence-corrected chi connectivity index (χ3v) is 8.03. The minimum Gasteiger partial charge on any atom is -0.503 e. The molecule has 3 aromatic rings. The van der Waals surface area contributed by atoms with Gasteiger partial charge in [-0.05, 0) is 71.2 Å². The van der Waals surface area contributed by atoms with Crippen LogP contribution in [-0.4, -0.2) is 36.5 Å². The van der Waals surface area contributed by atoms with E-state index in [0.29, 0.717) is 48.4 Å². The predicted octanol–water partition coefficient (Wildman–Crippen LogP) is 4.83. The lowest BCUT2D eigenvalue weighted by Gasteiger charge is -2.27. The van der Waals surface area contributed by atoms with Gasteiger partial charge >= 0.3 is 5.97 Å². The summed E-state index contributed by atoms with van der Waals surface area (Å²) in [5, 5.41) is 10.2. The van der Waals surface area contributed by atoms with Crippen LogP contribution in [0.5, 0.6) is 17.2 Å². The van der Waals surface area contributed by atoms with E-state index >= 15 is 0 Å². The number of aromatic nitrogens is 1. The van der Waals surface area contributed by atoms with Crippen molar-refractivity contribution in [3.05, 3.63) is 81.4 Å². The number of benzene rings is 2. The summed E-state index contributed by atoms with van der Waals surface area (Å²) in [6.45, 7) is 3.93. The number of hydrogen-bond donors (Lipinski definition) is 1. The Hall–Kier alpha value is -2.89. The standard InChI is InChI=1S/C27H26Br2N2O6S/c1-5-7-18-22(26(34)37-6-2)23(16-13-15(28)8-9-19(16)35-3)31-25(33)21(38-27(31)30-18)12-14-10-17(29)24(32)20(11-14)36-4/h8-13,23,32H,5-7H2,1-4H3/b21-12+/t23-/m1/s1. The topological polar surface area (TPSA) is 99.4 Å². The number of aromatic hydroxyl groups is 1. The van der Waals surface area contributed by atoms with Crippen molar-refractivity contribution in [2.24, 2.45) is 4.99 Å². The minimum atomic E-state index is -0.803. The molecular formula is C27H26Br2N2O6S. The lowest BCUT2D eigenvalue weighted by atomic mass is 9.93. The van der Waals surface area contributed by atoms with Gasteiger partial charge in [0.15, 0.2) is 16.3 Å². The van der Waals surface area contributed by atoms with Crippen LogP contribution >= 0.6 is 43.2 Å². The van der Waals surface area contributed by atoms with Crippen LogP contribution in [0.4, 0.5) is 0 Å². The normalized spacial score (nSPS) is 15.2. The first kappa shape index (κ1) is 28.1. The number of halogens is 2. The zero-order valence-corrected chi connectivity index (χ0v) is 25.2. The maximum Gasteiger partial charge on any atom is 0.338 e. The molecule has 0 fully saturated rings. The molecule has 0 spiro atoms. The smallest absolute Gasteiger partial charge is 0.338 e. The van der Waals surface area contributed by atoms with Gasteiger partial charge in [-0.25, -0.2) is 9.79 Å². The number of esters is 1. The van der Waals surface area contributed by atoms with Crippen LogP contribution in [0, 0.1) is 0 Å². The van der Waals surface area contributed by atoms with Gasteiger partial charge in [0, 0.05) is 10.0 Å². The molecule has 200 valence electrons. The highest BCUT2D eigenvalue weighted by atomic mass is 79.9. The summed E-state index contributed by atoms with van der Waals surface area (Å²) in [6, 6.07) is 8.00. The van der Waals surface area contributed by atoms with E-state index < -0.39 is 12.0 Å². The van der Waals surface area contributed by atoms with E-state index in [1.165, 1.54) is 23.0 Å². The summed E-state index contributed by atoms with van der Waals surface area (Å²) in [5.74, 6) is 0.244. The maximum absolute atomic E-state index is 13.9. The highest BCUT2D eigenvalue weighted by molar-refractivity contribution is 9.10. The zero-order valence-electron chi connectivity index (χ0n) is 21.2. The molecule has 1 atom stereocenters. The number of hydrogen-bond acceptors (Lipinski definition) is 8. The first-order chi connectivity index (χ1) is 18.2. The van der Waals surface area contributed by atoms with Crippen LogP contribution in [0.3, 0.4) is 0 Å². The fraction of sp³-hybridized carbons (Fsp3) is 0.296. The third kappa shape index (κ3) is 5.32. The Bertz CT molecular complexity index is 1610. The molecule has 1 N–H and O–H groups in total. The summed E-state index contributed by atoms with van der Waals surface area (Å²) in [5.41, 5.74) is 1.86. The van der Waals surface area contributed by atoms with Gasteiger partial charge in [0.25, 0.3) is 5.56 Å². The lowest BCUT2D eigenvalue weighted by molar-refractivity contribution is -0.139. The van der Waals surface area contributed by atoms with Gasteiger partial charge in [-0.2, -0.15) is 0 Å². The quantitative estimate of drug-likeness (QED) is 0.346. The van der Waals surface area contributed by atoms with E-state index in [2.05, 4.69) is 31.9 Å². The maximum atomic E-state index is 13.9. The van der Waals surface area contributed by atoms with E-state index in [-0.39, 0.29) is 23.7 Å². The van der Waals surface area contributed by atoms with E-state index in [0.717, 1.165) is 10.9 Å². The van der Waals surface area contributed by atoms with Gasteiger partial charge in [0.2, 0.25) is 0 Å². The van der Waals surface area contributed by atoms with Gasteiger partial charge in [-0.3, -0.25) is 9.36 Å². The molecule has 8 nitrogen and oxygen atoms in total. The van der Waals surface area contributed by atoms with Crippen molar-refractivity contribution < 1.29 is 24.1 Å². The van der Waals surface area contributed by atoms with Gasteiger partial charge in [0.1, 0.15) is 11.8 Å². The van der Waals surface area contributed by atoms with E-state index in [1.54, 1.807) is 38.3 Å². The molecule has 1 aliphatic rings. The molecule has 0 radical (unpaired) electrons. The minimum absolute atomic E-state index is 0.0313. The molecule has 0 amide bonds. The van der Waals surface area contributed by atoms with Crippen molar-refractivity contribution in [2.75, 3.05) is 20.8 Å². The molecule has 2 aromatic carbocycles. The SMILES string of the molecule is CCCC1=C(C(=O)OCC)[C@@H](c2cc(Br)ccc2OC)n2c(s/c(=C/c3cc(Br)c(O)c(OC)c3)c2=O)=N1. The van der Waals surface area contributed by atoms with Crippen LogP contribution in [0.1, 0.15) is 43.9 Å². The van der Waals surface area contributed by atoms with Gasteiger partial charge < -0.3 is 19.3 Å². The van der Waals surface area contributed by atoms with Crippen LogP contribution in [0.25, 0.3) is 6.08 Å². The molecule has 4 rings (SSSR count). The van der Waals surface area contributed by atoms with Crippen LogP contribution in [0.2, 0.25) is 0 Å². The summed E-state index contributed by atoms with van der Waals surface area (Å²) in [7, 11) is 3.00. The summed E-state index contributed by atoms with van der Waals surface area (Å²) in [6.07, 6.45) is 2.99. The fourth-order valence-electron chi connectivity index (χ4n) is 4.32. The number of nitrogens with zero attached hydrogens (tertiary/aromatic N) is 2. The van der Waals surface area contributed by atoms with Crippen LogP contribution in [0.15, 0.2) is 60.3 Å². The second-order valence-electron chi connectivity index (χ2n) is 8.35. The number of thiazole rings is 1. The molecule has 1 aromatic heterocycles. The highest BCUT2D eigenvalue weighted by Crippen LogP contribution is 2.38. The number of fused-ring (bicyclic) bond motifs is 1. The van der Waals surface area contributed by atoms with Crippen molar-refractivity contribution in [1.82, 2.24) is 4.57 Å². The highest BCUT2D eigenvalue weighted by Gasteiger charge is 2.36. The Balaban J connectivity index is 2.05. The Morgan fingerprint density at radius 2 is 1.89 bits per heavy atom. The number of ether oxygens (including phenoxy) is 3. The van der Waals surface area contributed by atoms with E-state index in [1.807, 2.05) is 19.1 Å². The second-order valence-corrected chi connectivity index (χ2v) is 11.1. The van der Waals surface area contributed by atoms with Gasteiger partial charge in [-0.15, -0.1) is 0 Å². The Morgan fingerprint density at radius 3 is 2.55 bits per heavy atom. The summed E-state index contributed by atoms with van der Waals surface area (Å²) >= 11 is 8.07. The predicted molar refractivity (Wildman–Crippen MR) is 153 cm³/mol. The number of phenols is 1. The van der Waals surface area contributed by atoms with Gasteiger partial charge in [-0.1, -0.05) is 40.6 Å². The van der Waals surface area contributed by atoms with Crippen molar-refractivity contribution in [2.45, 2.75) is 32.7 Å². The van der Waals surface area contributed by atoms with E-state index in [4.69, 9.17) is 19.2 Å².